The Morgan fingerprint density at radius 2 is 1.14 bits per heavy atom. The van der Waals surface area contributed by atoms with Crippen LogP contribution in [0.2, 0.25) is 0 Å². The van der Waals surface area contributed by atoms with Crippen LogP contribution in [0.4, 0.5) is 0 Å². The first-order chi connectivity index (χ1) is 6.39. The van der Waals surface area contributed by atoms with Gasteiger partial charge >= 0.3 is 0 Å². The Kier molecular flexibility index (Phi) is 5.68. The van der Waals surface area contributed by atoms with Crippen molar-refractivity contribution in [3.05, 3.63) is 0 Å². The van der Waals surface area contributed by atoms with Crippen LogP contribution < -0.4 is 0 Å². The summed E-state index contributed by atoms with van der Waals surface area (Å²) in [5.74, 6) is 0. The molecule has 0 heterocycles. The maximum atomic E-state index is 2.32. The van der Waals surface area contributed by atoms with E-state index in [4.69, 9.17) is 0 Å². The van der Waals surface area contributed by atoms with Gasteiger partial charge in [0.25, 0.3) is 0 Å². The second kappa shape index (κ2) is 5.72. The summed E-state index contributed by atoms with van der Waals surface area (Å²) in [7, 11) is 6.83. The fourth-order valence-electron chi connectivity index (χ4n) is 2.03. The van der Waals surface area contributed by atoms with Gasteiger partial charge in [-0.05, 0) is 20.8 Å². The first-order valence-corrected chi connectivity index (χ1v) is 6.04. The molecule has 0 atom stereocenters. The maximum Gasteiger partial charge on any atom is 0.0840 e. The minimum absolute atomic E-state index is 1.09. The molecule has 0 fully saturated rings. The lowest BCUT2D eigenvalue weighted by molar-refractivity contribution is -0.929. The lowest BCUT2D eigenvalue weighted by Crippen LogP contribution is -2.49. The largest absolute Gasteiger partial charge is 0.331 e. The lowest BCUT2D eigenvalue weighted by Gasteiger charge is -2.36. The Morgan fingerprint density at radius 1 is 0.714 bits per heavy atom. The molecule has 0 amide bonds. The molecule has 0 spiro atoms. The number of hydrogen-bond acceptors (Lipinski definition) is 0. The molecule has 2 heteroatoms. The van der Waals surface area contributed by atoms with E-state index in [2.05, 4.69) is 41.9 Å². The predicted octanol–water partition coefficient (Wildman–Crippen LogP) is 1.96. The fraction of sp³-hybridized carbons (Fsp3) is 1.00. The van der Waals surface area contributed by atoms with E-state index in [1.54, 1.807) is 0 Å². The minimum Gasteiger partial charge on any atom is -0.331 e. The molecule has 0 aliphatic heterocycles. The summed E-state index contributed by atoms with van der Waals surface area (Å²) in [5.41, 5.74) is 0. The third-order valence-corrected chi connectivity index (χ3v) is 3.47. The summed E-state index contributed by atoms with van der Waals surface area (Å²) in [4.78, 5) is 0. The smallest absolute Gasteiger partial charge is 0.0840 e. The quantitative estimate of drug-likeness (QED) is 0.554. The maximum absolute atomic E-state index is 2.32. The van der Waals surface area contributed by atoms with Gasteiger partial charge in [-0.25, -0.2) is 0 Å². The average molecular weight is 202 g/mol. The van der Waals surface area contributed by atoms with E-state index in [0.717, 1.165) is 4.48 Å². The van der Waals surface area contributed by atoms with E-state index < -0.39 is 0 Å². The van der Waals surface area contributed by atoms with Gasteiger partial charge < -0.3 is 8.97 Å². The zero-order valence-electron chi connectivity index (χ0n) is 11.1. The molecule has 0 aromatic carbocycles. The Morgan fingerprint density at radius 3 is 1.43 bits per heavy atom. The van der Waals surface area contributed by atoms with E-state index in [1.807, 2.05) is 0 Å². The van der Waals surface area contributed by atoms with Crippen molar-refractivity contribution in [1.82, 2.24) is 0 Å². The molecule has 0 rings (SSSR count). The van der Waals surface area contributed by atoms with E-state index in [1.165, 1.54) is 43.6 Å². The van der Waals surface area contributed by atoms with Gasteiger partial charge in [-0.2, -0.15) is 0 Å². The van der Waals surface area contributed by atoms with Crippen molar-refractivity contribution in [2.45, 2.75) is 27.2 Å². The van der Waals surface area contributed by atoms with Gasteiger partial charge in [-0.15, -0.1) is 0 Å². The monoisotopic (exact) mass is 202 g/mol. The molecule has 0 N–H and O–H groups in total. The van der Waals surface area contributed by atoms with Crippen molar-refractivity contribution in [2.24, 2.45) is 0 Å². The highest BCUT2D eigenvalue weighted by molar-refractivity contribution is 4.40. The molecular formula is C12H30N2+2. The van der Waals surface area contributed by atoms with Gasteiger partial charge in [0, 0.05) is 6.42 Å². The summed E-state index contributed by atoms with van der Waals surface area (Å²) in [5, 5.41) is 0. The normalized spacial score (nSPS) is 13.3. The topological polar surface area (TPSA) is 0 Å². The molecule has 0 saturated heterocycles. The third-order valence-electron chi connectivity index (χ3n) is 3.47. The van der Waals surface area contributed by atoms with E-state index >= 15 is 0 Å². The van der Waals surface area contributed by atoms with Crippen LogP contribution in [-0.4, -0.2) is 62.8 Å². The second-order valence-corrected chi connectivity index (χ2v) is 5.38. The predicted molar refractivity (Wildman–Crippen MR) is 64.3 cm³/mol. The van der Waals surface area contributed by atoms with Crippen LogP contribution in [0.5, 0.6) is 0 Å². The van der Waals surface area contributed by atoms with Crippen molar-refractivity contribution in [3.63, 3.8) is 0 Å². The van der Waals surface area contributed by atoms with E-state index in [9.17, 15) is 0 Å². The molecule has 0 bridgehead atoms. The van der Waals surface area contributed by atoms with Gasteiger partial charge in [0.15, 0.2) is 0 Å². The molecule has 14 heavy (non-hydrogen) atoms. The highest BCUT2D eigenvalue weighted by atomic mass is 15.3. The summed E-state index contributed by atoms with van der Waals surface area (Å²) < 4.78 is 2.39. The number of rotatable bonds is 7. The Hall–Kier alpha value is -0.0800. The van der Waals surface area contributed by atoms with Gasteiger partial charge in [0.2, 0.25) is 0 Å². The summed E-state index contributed by atoms with van der Waals surface area (Å²) in [6, 6.07) is 0. The molecule has 0 aromatic heterocycles. The molecule has 2 nitrogen and oxygen atoms in total. The van der Waals surface area contributed by atoms with Crippen LogP contribution in [0.25, 0.3) is 0 Å². The second-order valence-electron chi connectivity index (χ2n) is 5.38. The Bertz CT molecular complexity index is 135. The summed E-state index contributed by atoms with van der Waals surface area (Å²) in [6.07, 6.45) is 1.35. The SMILES string of the molecule is CC[N+](CC)(CC)CCC[N+](C)(C)C. The molecular weight excluding hydrogens is 172 g/mol. The third kappa shape index (κ3) is 4.97. The lowest BCUT2D eigenvalue weighted by atomic mass is 10.2. The van der Waals surface area contributed by atoms with Crippen molar-refractivity contribution in [2.75, 3.05) is 53.9 Å². The van der Waals surface area contributed by atoms with Crippen LogP contribution in [0.1, 0.15) is 27.2 Å². The number of nitrogens with zero attached hydrogens (tertiary/aromatic N) is 2. The highest BCUT2D eigenvalue weighted by Crippen LogP contribution is 2.08. The van der Waals surface area contributed by atoms with Crippen molar-refractivity contribution < 1.29 is 8.97 Å². The van der Waals surface area contributed by atoms with Gasteiger partial charge in [-0.3, -0.25) is 0 Å². The Balaban J connectivity index is 3.95. The summed E-state index contributed by atoms with van der Waals surface area (Å²) in [6.45, 7) is 13.4. The molecule has 0 unspecified atom stereocenters. The zero-order valence-corrected chi connectivity index (χ0v) is 11.1. The highest BCUT2D eigenvalue weighted by Gasteiger charge is 2.21. The van der Waals surface area contributed by atoms with Crippen molar-refractivity contribution in [1.29, 1.82) is 0 Å². The first-order valence-electron chi connectivity index (χ1n) is 6.04. The Labute approximate surface area is 90.7 Å². The van der Waals surface area contributed by atoms with E-state index in [-0.39, 0.29) is 0 Å². The zero-order chi connectivity index (χ0) is 11.2. The first kappa shape index (κ1) is 13.9. The standard InChI is InChI=1S/C12H30N2/c1-7-14(8-2,9-3)12-10-11-13(4,5)6/h7-12H2,1-6H3/q+2. The molecule has 0 radical (unpaired) electrons. The number of hydrogen-bond donors (Lipinski definition) is 0. The fourth-order valence-corrected chi connectivity index (χ4v) is 2.03. The molecule has 0 aromatic rings. The van der Waals surface area contributed by atoms with E-state index in [0.29, 0.717) is 0 Å². The van der Waals surface area contributed by atoms with Gasteiger partial charge in [0.05, 0.1) is 53.9 Å². The number of quaternary nitrogens is 2. The van der Waals surface area contributed by atoms with Gasteiger partial charge in [-0.1, -0.05) is 0 Å². The van der Waals surface area contributed by atoms with Crippen molar-refractivity contribution in [3.8, 4) is 0 Å². The molecule has 0 aliphatic rings. The van der Waals surface area contributed by atoms with Crippen molar-refractivity contribution >= 4 is 0 Å². The minimum atomic E-state index is 1.09. The van der Waals surface area contributed by atoms with Crippen LogP contribution in [-0.2, 0) is 0 Å². The van der Waals surface area contributed by atoms with Crippen LogP contribution in [0.3, 0.4) is 0 Å². The summed E-state index contributed by atoms with van der Waals surface area (Å²) >= 11 is 0. The molecule has 86 valence electrons. The average Bonchev–Trinajstić information content (AvgIpc) is 2.11. The molecule has 0 aliphatic carbocycles. The van der Waals surface area contributed by atoms with Crippen LogP contribution in [0.15, 0.2) is 0 Å². The molecule has 0 saturated carbocycles. The van der Waals surface area contributed by atoms with Crippen LogP contribution in [0, 0.1) is 0 Å². The van der Waals surface area contributed by atoms with Gasteiger partial charge in [0.1, 0.15) is 0 Å². The van der Waals surface area contributed by atoms with Crippen LogP contribution >= 0.6 is 0 Å².